The number of aliphatic hydroxyl groups is 2. The molecule has 8 nitrogen and oxygen atoms in total. The molecule has 0 aliphatic heterocycles. The number of ether oxygens (including phenoxy) is 2. The van der Waals surface area contributed by atoms with Gasteiger partial charge in [-0.25, -0.2) is 0 Å². The van der Waals surface area contributed by atoms with Crippen LogP contribution in [-0.4, -0.2) is 102 Å². The number of carbonyl (C=O) groups is 2. The predicted octanol–water partition coefficient (Wildman–Crippen LogP) is 12.4. The molecule has 0 saturated heterocycles. The molecular weight excluding hydrogens is 737 g/mol. The first-order valence-electron chi connectivity index (χ1n) is 25.0. The molecule has 0 bridgehead atoms. The summed E-state index contributed by atoms with van der Waals surface area (Å²) >= 11 is 0. The molecule has 0 aliphatic carbocycles. The minimum Gasteiger partial charge on any atom is -0.461 e. The van der Waals surface area contributed by atoms with Crippen molar-refractivity contribution in [1.82, 2.24) is 4.90 Å². The van der Waals surface area contributed by atoms with Gasteiger partial charge < -0.3 is 24.2 Å². The van der Waals surface area contributed by atoms with E-state index in [1.165, 1.54) is 116 Å². The fraction of sp³-hybridized carbons (Fsp3) is 0.882. The molecule has 59 heavy (non-hydrogen) atoms. The summed E-state index contributed by atoms with van der Waals surface area (Å²) in [5.41, 5.74) is 0. The van der Waals surface area contributed by atoms with Crippen molar-refractivity contribution in [3.05, 3.63) is 24.3 Å². The molecule has 2 N–H and O–H groups in total. The Morgan fingerprint density at radius 3 is 1.14 bits per heavy atom. The van der Waals surface area contributed by atoms with Gasteiger partial charge in [0, 0.05) is 32.5 Å². The van der Waals surface area contributed by atoms with Gasteiger partial charge in [-0.05, 0) is 91.9 Å². The van der Waals surface area contributed by atoms with Crippen molar-refractivity contribution < 1.29 is 33.8 Å². The lowest BCUT2D eigenvalue weighted by Crippen LogP contribution is -2.55. The Labute approximate surface area is 365 Å². The molecule has 8 heteroatoms. The zero-order valence-corrected chi connectivity index (χ0v) is 40.1. The molecule has 0 aliphatic rings. The van der Waals surface area contributed by atoms with Crippen LogP contribution >= 0.6 is 0 Å². The minimum atomic E-state index is -0.500. The lowest BCUT2D eigenvalue weighted by molar-refractivity contribution is -0.914. The van der Waals surface area contributed by atoms with Crippen LogP contribution in [0.2, 0.25) is 0 Å². The minimum absolute atomic E-state index is 0.154. The number of aliphatic hydroxyl groups excluding tert-OH is 2. The van der Waals surface area contributed by atoms with Crippen molar-refractivity contribution in [3.63, 3.8) is 0 Å². The monoisotopic (exact) mass is 836 g/mol. The second-order valence-corrected chi connectivity index (χ2v) is 18.4. The van der Waals surface area contributed by atoms with Crippen LogP contribution in [0.5, 0.6) is 0 Å². The van der Waals surface area contributed by atoms with Crippen LogP contribution < -0.4 is 0 Å². The van der Waals surface area contributed by atoms with Gasteiger partial charge in [-0.3, -0.25) is 14.5 Å². The van der Waals surface area contributed by atoms with Gasteiger partial charge in [-0.2, -0.15) is 0 Å². The third-order valence-electron chi connectivity index (χ3n) is 11.3. The average Bonchev–Trinajstić information content (AvgIpc) is 3.16. The summed E-state index contributed by atoms with van der Waals surface area (Å²) in [4.78, 5) is 27.8. The zero-order valence-electron chi connectivity index (χ0n) is 40.1. The summed E-state index contributed by atoms with van der Waals surface area (Å²) in [5.74, 6) is -0.309. The third-order valence-corrected chi connectivity index (χ3v) is 11.3. The molecule has 0 aromatic rings. The number of quaternary nitrogens is 1. The second kappa shape index (κ2) is 40.3. The fourth-order valence-corrected chi connectivity index (χ4v) is 8.22. The summed E-state index contributed by atoms with van der Waals surface area (Å²) in [6, 6.07) is 0. The van der Waals surface area contributed by atoms with Gasteiger partial charge in [-0.1, -0.05) is 141 Å². The van der Waals surface area contributed by atoms with Gasteiger partial charge in [0.15, 0.2) is 0 Å². The van der Waals surface area contributed by atoms with Gasteiger partial charge in [0.05, 0.1) is 13.6 Å². The fourth-order valence-electron chi connectivity index (χ4n) is 8.22. The topological polar surface area (TPSA) is 96.3 Å². The van der Waals surface area contributed by atoms with E-state index in [4.69, 9.17) is 9.47 Å². The molecule has 0 aromatic heterocycles. The molecule has 0 rings (SSSR count). The van der Waals surface area contributed by atoms with Crippen molar-refractivity contribution in [2.75, 3.05) is 46.3 Å². The molecule has 0 aromatic carbocycles. The maximum absolute atomic E-state index is 12.8. The van der Waals surface area contributed by atoms with Crippen molar-refractivity contribution in [2.24, 2.45) is 0 Å². The van der Waals surface area contributed by atoms with E-state index < -0.39 is 12.2 Å². The highest BCUT2D eigenvalue weighted by Crippen LogP contribution is 2.15. The number of hydrogen-bond donors (Lipinski definition) is 2. The zero-order chi connectivity index (χ0) is 43.8. The molecule has 0 radical (unpaired) electrons. The predicted molar refractivity (Wildman–Crippen MR) is 251 cm³/mol. The van der Waals surface area contributed by atoms with E-state index >= 15 is 0 Å². The molecular formula is C51H99N2O6+. The number of unbranched alkanes of at least 4 members (excludes halogenated alkanes) is 22. The normalized spacial score (nSPS) is 15.2. The molecule has 0 fully saturated rings. The van der Waals surface area contributed by atoms with Crippen molar-refractivity contribution in [2.45, 2.75) is 246 Å². The van der Waals surface area contributed by atoms with Crippen LogP contribution in [0.15, 0.2) is 24.3 Å². The molecule has 4 unspecified atom stereocenters. The lowest BCUT2D eigenvalue weighted by Gasteiger charge is -2.39. The van der Waals surface area contributed by atoms with Crippen LogP contribution in [0.1, 0.15) is 221 Å². The second-order valence-electron chi connectivity index (χ2n) is 18.4. The summed E-state index contributed by atoms with van der Waals surface area (Å²) in [5, 5.41) is 20.5. The summed E-state index contributed by atoms with van der Waals surface area (Å²) < 4.78 is 12.3. The first-order chi connectivity index (χ1) is 28.4. The van der Waals surface area contributed by atoms with E-state index in [0.29, 0.717) is 56.6 Å². The highest BCUT2D eigenvalue weighted by molar-refractivity contribution is 5.69. The summed E-state index contributed by atoms with van der Waals surface area (Å²) in [6.45, 7) is 15.4. The molecule has 0 heterocycles. The van der Waals surface area contributed by atoms with Crippen LogP contribution in [0.4, 0.5) is 0 Å². The van der Waals surface area contributed by atoms with E-state index in [9.17, 15) is 19.8 Å². The van der Waals surface area contributed by atoms with Gasteiger partial charge >= 0.3 is 11.9 Å². The number of carbonyl (C=O) groups excluding carboxylic acids is 2. The summed E-state index contributed by atoms with van der Waals surface area (Å²) in [7, 11) is 2.06. The number of nitrogens with zero attached hydrogens (tertiary/aromatic N) is 2. The molecule has 0 saturated carbocycles. The van der Waals surface area contributed by atoms with Crippen LogP contribution in [0, 0.1) is 0 Å². The van der Waals surface area contributed by atoms with Crippen molar-refractivity contribution in [3.8, 4) is 0 Å². The van der Waals surface area contributed by atoms with E-state index in [1.54, 1.807) is 13.8 Å². The third kappa shape index (κ3) is 40.1. The number of esters is 2. The molecule has 4 atom stereocenters. The van der Waals surface area contributed by atoms with Gasteiger partial charge in [-0.15, -0.1) is 0 Å². The molecule has 348 valence electrons. The quantitative estimate of drug-likeness (QED) is 0.0273. The number of rotatable bonds is 43. The Morgan fingerprint density at radius 2 is 0.814 bits per heavy atom. The first kappa shape index (κ1) is 57.3. The number of allylic oxidation sites excluding steroid dienone is 4. The highest BCUT2D eigenvalue weighted by atomic mass is 16.5. The summed E-state index contributed by atoms with van der Waals surface area (Å²) in [6.07, 6.45) is 40.5. The molecule has 0 spiro atoms. The SMILES string of the molecule is CCCCCCCC/C=C\CCCCCCCC(=O)OC(C)CN(CC[N+](C)(CC(C)O)CC(C)O)CC(C)OC(=O)CCCCCCC/C=C\CCCCCCCC. The maximum atomic E-state index is 12.8. The van der Waals surface area contributed by atoms with Gasteiger partial charge in [0.25, 0.3) is 0 Å². The highest BCUT2D eigenvalue weighted by Gasteiger charge is 2.28. The molecule has 0 amide bonds. The van der Waals surface area contributed by atoms with Crippen molar-refractivity contribution >= 4 is 11.9 Å². The Hall–Kier alpha value is -1.74. The first-order valence-corrected chi connectivity index (χ1v) is 25.0. The van der Waals surface area contributed by atoms with E-state index in [1.807, 2.05) is 13.8 Å². The Kier molecular flexibility index (Phi) is 39.1. The smallest absolute Gasteiger partial charge is 0.306 e. The van der Waals surface area contributed by atoms with E-state index in [2.05, 4.69) is 50.1 Å². The number of hydrogen-bond acceptors (Lipinski definition) is 7. The standard InChI is InChI=1S/C51H99N2O6/c1-8-10-12-14-16-18-20-22-24-26-28-30-32-34-36-38-50(56)58-48(5)42-52(40-41-53(7,44-46(3)54)45-47(4)55)43-49(6)59-51(57)39-37-35-33-31-29-27-25-23-21-19-17-15-13-11-9-2/h22-25,46-49,54-55H,8-21,26-45H2,1-7H3/q+1/b24-22-,25-23-. The van der Waals surface area contributed by atoms with E-state index in [-0.39, 0.29) is 24.1 Å². The van der Waals surface area contributed by atoms with Crippen LogP contribution in [0.3, 0.4) is 0 Å². The van der Waals surface area contributed by atoms with Crippen LogP contribution in [-0.2, 0) is 19.1 Å². The van der Waals surface area contributed by atoms with Gasteiger partial charge in [0.1, 0.15) is 37.5 Å². The van der Waals surface area contributed by atoms with Gasteiger partial charge in [0.2, 0.25) is 0 Å². The Morgan fingerprint density at radius 1 is 0.508 bits per heavy atom. The average molecular weight is 836 g/mol. The Balaban J connectivity index is 4.63. The van der Waals surface area contributed by atoms with Crippen molar-refractivity contribution in [1.29, 1.82) is 0 Å². The Bertz CT molecular complexity index is 942. The number of likely N-dealkylation sites (N-methyl/N-ethyl adjacent to an activating group) is 1. The lowest BCUT2D eigenvalue weighted by atomic mass is 10.1. The maximum Gasteiger partial charge on any atom is 0.306 e. The largest absolute Gasteiger partial charge is 0.461 e. The van der Waals surface area contributed by atoms with E-state index in [0.717, 1.165) is 51.4 Å². The van der Waals surface area contributed by atoms with Crippen LogP contribution in [0.25, 0.3) is 0 Å².